The Balaban J connectivity index is 3.13. The van der Waals surface area contributed by atoms with E-state index < -0.39 is 22.7 Å². The minimum absolute atomic E-state index is 0.0389. The molecule has 9 heteroatoms. The zero-order valence-electron chi connectivity index (χ0n) is 12.1. The minimum atomic E-state index is -4.55. The second kappa shape index (κ2) is 7.08. The lowest BCUT2D eigenvalue weighted by molar-refractivity contribution is -0.136. The summed E-state index contributed by atoms with van der Waals surface area (Å²) < 4.78 is 62.9. The molecule has 1 rings (SSSR count). The summed E-state index contributed by atoms with van der Waals surface area (Å²) in [5, 5.41) is 2.90. The summed E-state index contributed by atoms with van der Waals surface area (Å²) in [6, 6.07) is 1.44. The van der Waals surface area contributed by atoms with Crippen molar-refractivity contribution in [1.29, 1.82) is 0 Å². The van der Waals surface area contributed by atoms with E-state index in [1.807, 2.05) is 0 Å². The van der Waals surface area contributed by atoms with Crippen LogP contribution in [0.5, 0.6) is 0 Å². The fourth-order valence-electron chi connectivity index (χ4n) is 1.81. The van der Waals surface area contributed by atoms with Gasteiger partial charge in [-0.2, -0.15) is 17.5 Å². The molecule has 0 bridgehead atoms. The van der Waals surface area contributed by atoms with Crippen LogP contribution < -0.4 is 5.32 Å². The van der Waals surface area contributed by atoms with Crippen molar-refractivity contribution in [2.24, 2.45) is 0 Å². The second-order valence-corrected chi connectivity index (χ2v) is 7.96. The van der Waals surface area contributed by atoms with E-state index in [0.717, 1.165) is 21.8 Å². The number of nitrogens with one attached hydrogen (secondary N) is 1. The first kappa shape index (κ1) is 18.4. The number of alkyl halides is 3. The largest absolute Gasteiger partial charge is 0.402 e. The zero-order valence-corrected chi connectivity index (χ0v) is 13.8. The number of aryl methyl sites for hydroxylation is 1. The third-order valence-electron chi connectivity index (χ3n) is 2.76. The van der Waals surface area contributed by atoms with Gasteiger partial charge in [0.15, 0.2) is 0 Å². The Kier molecular flexibility index (Phi) is 6.21. The Morgan fingerprint density at radius 2 is 2.00 bits per heavy atom. The standard InChI is InChI=1S/C12H19F3N2O2S2/c1-4-5-17(8-12(13,14)15)21(18,19)11-6-9(2)10(20-11)7-16-3/h6,16H,4-5,7-8H2,1-3H3. The molecule has 0 fully saturated rings. The molecule has 1 heterocycles. The molecular weight excluding hydrogens is 325 g/mol. The quantitative estimate of drug-likeness (QED) is 0.827. The van der Waals surface area contributed by atoms with Crippen LogP contribution in [-0.4, -0.2) is 39.0 Å². The van der Waals surface area contributed by atoms with E-state index in [-0.39, 0.29) is 10.8 Å². The third-order valence-corrected chi connectivity index (χ3v) is 6.29. The Bertz CT molecular complexity index is 568. The summed E-state index contributed by atoms with van der Waals surface area (Å²) >= 11 is 1.01. The van der Waals surface area contributed by atoms with Crippen LogP contribution in [0, 0.1) is 6.92 Å². The van der Waals surface area contributed by atoms with Crippen molar-refractivity contribution in [3.05, 3.63) is 16.5 Å². The molecule has 21 heavy (non-hydrogen) atoms. The van der Waals surface area contributed by atoms with Gasteiger partial charge in [-0.3, -0.25) is 0 Å². The van der Waals surface area contributed by atoms with Gasteiger partial charge in [0.1, 0.15) is 10.8 Å². The number of rotatable bonds is 7. The van der Waals surface area contributed by atoms with Gasteiger partial charge in [0, 0.05) is 18.0 Å². The maximum atomic E-state index is 12.6. The first-order chi connectivity index (χ1) is 9.61. The zero-order chi connectivity index (χ0) is 16.3. The summed E-state index contributed by atoms with van der Waals surface area (Å²) in [5.41, 5.74) is 0.761. The van der Waals surface area contributed by atoms with Crippen molar-refractivity contribution in [3.63, 3.8) is 0 Å². The highest BCUT2D eigenvalue weighted by Crippen LogP contribution is 2.30. The number of thiophene rings is 1. The van der Waals surface area contributed by atoms with Crippen LogP contribution in [0.25, 0.3) is 0 Å². The van der Waals surface area contributed by atoms with Gasteiger partial charge in [-0.25, -0.2) is 8.42 Å². The second-order valence-electron chi connectivity index (χ2n) is 4.66. The summed E-state index contributed by atoms with van der Waals surface area (Å²) in [5.74, 6) is 0. The molecule has 1 aromatic heterocycles. The summed E-state index contributed by atoms with van der Waals surface area (Å²) in [4.78, 5) is 0.805. The minimum Gasteiger partial charge on any atom is -0.315 e. The molecule has 0 aliphatic heterocycles. The molecule has 0 aliphatic rings. The Morgan fingerprint density at radius 3 is 2.48 bits per heavy atom. The third kappa shape index (κ3) is 4.94. The number of sulfonamides is 1. The molecule has 0 amide bonds. The van der Waals surface area contributed by atoms with Gasteiger partial charge >= 0.3 is 6.18 Å². The monoisotopic (exact) mass is 344 g/mol. The molecule has 0 aliphatic carbocycles. The van der Waals surface area contributed by atoms with Gasteiger partial charge in [-0.1, -0.05) is 6.92 Å². The van der Waals surface area contributed by atoms with E-state index in [1.54, 1.807) is 20.9 Å². The van der Waals surface area contributed by atoms with Crippen molar-refractivity contribution in [2.75, 3.05) is 20.1 Å². The highest BCUT2D eigenvalue weighted by atomic mass is 32.2. The molecular formula is C12H19F3N2O2S2. The highest BCUT2D eigenvalue weighted by Gasteiger charge is 2.37. The lowest BCUT2D eigenvalue weighted by Gasteiger charge is -2.21. The van der Waals surface area contributed by atoms with E-state index in [2.05, 4.69) is 5.32 Å². The summed E-state index contributed by atoms with van der Waals surface area (Å²) in [7, 11) is -2.39. The topological polar surface area (TPSA) is 49.4 Å². The number of nitrogens with zero attached hydrogens (tertiary/aromatic N) is 1. The van der Waals surface area contributed by atoms with E-state index in [4.69, 9.17) is 0 Å². The van der Waals surface area contributed by atoms with Gasteiger partial charge in [0.2, 0.25) is 0 Å². The molecule has 0 saturated heterocycles. The van der Waals surface area contributed by atoms with Crippen LogP contribution in [0.2, 0.25) is 0 Å². The number of halogens is 3. The first-order valence-electron chi connectivity index (χ1n) is 6.42. The summed E-state index contributed by atoms with van der Waals surface area (Å²) in [6.07, 6.45) is -4.23. The number of hydrogen-bond acceptors (Lipinski definition) is 4. The maximum absolute atomic E-state index is 12.6. The smallest absolute Gasteiger partial charge is 0.315 e. The molecule has 0 unspecified atom stereocenters. The molecule has 122 valence electrons. The van der Waals surface area contributed by atoms with E-state index in [1.165, 1.54) is 6.07 Å². The van der Waals surface area contributed by atoms with Crippen molar-refractivity contribution < 1.29 is 21.6 Å². The van der Waals surface area contributed by atoms with Gasteiger partial charge in [-0.05, 0) is 32.0 Å². The van der Waals surface area contributed by atoms with E-state index >= 15 is 0 Å². The maximum Gasteiger partial charge on any atom is 0.402 e. The predicted molar refractivity (Wildman–Crippen MR) is 76.9 cm³/mol. The van der Waals surface area contributed by atoms with Crippen LogP contribution in [0.3, 0.4) is 0 Å². The normalized spacial score (nSPS) is 13.1. The van der Waals surface area contributed by atoms with Crippen molar-refractivity contribution in [1.82, 2.24) is 9.62 Å². The molecule has 0 aromatic carbocycles. The van der Waals surface area contributed by atoms with Crippen LogP contribution in [-0.2, 0) is 16.6 Å². The van der Waals surface area contributed by atoms with Crippen LogP contribution in [0.15, 0.2) is 10.3 Å². The molecule has 1 aromatic rings. The van der Waals surface area contributed by atoms with Crippen molar-refractivity contribution >= 4 is 21.4 Å². The van der Waals surface area contributed by atoms with Crippen molar-refractivity contribution in [3.8, 4) is 0 Å². The molecule has 0 spiro atoms. The van der Waals surface area contributed by atoms with Crippen LogP contribution >= 0.6 is 11.3 Å². The summed E-state index contributed by atoms with van der Waals surface area (Å²) in [6.45, 7) is 2.27. The highest BCUT2D eigenvalue weighted by molar-refractivity contribution is 7.91. The van der Waals surface area contributed by atoms with Crippen molar-refractivity contribution in [2.45, 2.75) is 37.2 Å². The lowest BCUT2D eigenvalue weighted by Crippen LogP contribution is -2.39. The fraction of sp³-hybridized carbons (Fsp3) is 0.667. The predicted octanol–water partition coefficient (Wildman–Crippen LogP) is 2.74. The van der Waals surface area contributed by atoms with Gasteiger partial charge < -0.3 is 5.32 Å². The van der Waals surface area contributed by atoms with Crippen LogP contribution in [0.4, 0.5) is 13.2 Å². The Labute approximate surface area is 127 Å². The van der Waals surface area contributed by atoms with Gasteiger partial charge in [0.25, 0.3) is 10.0 Å². The van der Waals surface area contributed by atoms with E-state index in [9.17, 15) is 21.6 Å². The molecule has 0 radical (unpaired) electrons. The SMILES string of the molecule is CCCN(CC(F)(F)F)S(=O)(=O)c1cc(C)c(CNC)s1. The number of hydrogen-bond donors (Lipinski definition) is 1. The lowest BCUT2D eigenvalue weighted by atomic mass is 10.3. The Hall–Kier alpha value is -0.640. The molecule has 0 atom stereocenters. The first-order valence-corrected chi connectivity index (χ1v) is 8.68. The average molecular weight is 344 g/mol. The fourth-order valence-corrected chi connectivity index (χ4v) is 5.09. The molecule has 0 saturated carbocycles. The molecule has 4 nitrogen and oxygen atoms in total. The van der Waals surface area contributed by atoms with Gasteiger partial charge in [-0.15, -0.1) is 11.3 Å². The Morgan fingerprint density at radius 1 is 1.38 bits per heavy atom. The van der Waals surface area contributed by atoms with Gasteiger partial charge in [0.05, 0.1) is 0 Å². The average Bonchev–Trinajstić information content (AvgIpc) is 2.70. The molecule has 1 N–H and O–H groups in total. The van der Waals surface area contributed by atoms with E-state index in [0.29, 0.717) is 17.3 Å². The van der Waals surface area contributed by atoms with Crippen LogP contribution in [0.1, 0.15) is 23.8 Å².